The summed E-state index contributed by atoms with van der Waals surface area (Å²) in [6.07, 6.45) is 2.61. The summed E-state index contributed by atoms with van der Waals surface area (Å²) in [5, 5.41) is 0.584. The van der Waals surface area contributed by atoms with Gasteiger partial charge in [0, 0.05) is 44.2 Å². The van der Waals surface area contributed by atoms with Crippen LogP contribution in [0.4, 0.5) is 8.78 Å². The maximum Gasteiger partial charge on any atom is 0.243 e. The molecule has 2 aromatic carbocycles. The standard InChI is InChI=1S/C25H31F2N3O3S2/c1-3-33-14-6-13-30-24-11-10-19(35(31,32)29-12-5-7-18(2)16-29)15-23(24)28-25(30)34-17-20-21(26)8-4-9-22(20)27/h4,8-11,15,18H,3,5-7,12-14,16-17H2,1-2H3/t18-/m1/s1. The van der Waals surface area contributed by atoms with Crippen LogP contribution in [-0.4, -0.2) is 48.6 Å². The lowest BCUT2D eigenvalue weighted by molar-refractivity contribution is 0.141. The van der Waals surface area contributed by atoms with Crippen LogP contribution >= 0.6 is 11.8 Å². The summed E-state index contributed by atoms with van der Waals surface area (Å²) in [6.45, 7) is 6.82. The van der Waals surface area contributed by atoms with Crippen molar-refractivity contribution >= 4 is 32.8 Å². The molecule has 0 saturated carbocycles. The Kier molecular flexibility index (Phi) is 8.46. The van der Waals surface area contributed by atoms with Crippen LogP contribution < -0.4 is 0 Å². The molecule has 1 fully saturated rings. The Morgan fingerprint density at radius 3 is 2.69 bits per heavy atom. The highest BCUT2D eigenvalue weighted by Crippen LogP contribution is 2.31. The largest absolute Gasteiger partial charge is 0.382 e. The second-order valence-electron chi connectivity index (χ2n) is 8.85. The van der Waals surface area contributed by atoms with E-state index in [0.717, 1.165) is 24.8 Å². The molecule has 0 N–H and O–H groups in total. The third-order valence-corrected chi connectivity index (χ3v) is 9.09. The molecule has 0 radical (unpaired) electrons. The predicted molar refractivity (Wildman–Crippen MR) is 134 cm³/mol. The van der Waals surface area contributed by atoms with Gasteiger partial charge in [-0.3, -0.25) is 0 Å². The van der Waals surface area contributed by atoms with Crippen LogP contribution in [0, 0.1) is 17.6 Å². The van der Waals surface area contributed by atoms with Crippen molar-refractivity contribution < 1.29 is 21.9 Å². The molecule has 3 aromatic rings. The van der Waals surface area contributed by atoms with Crippen LogP contribution in [0.3, 0.4) is 0 Å². The van der Waals surface area contributed by atoms with Gasteiger partial charge in [-0.15, -0.1) is 0 Å². The molecule has 0 aliphatic carbocycles. The van der Waals surface area contributed by atoms with Gasteiger partial charge in [0.1, 0.15) is 11.6 Å². The van der Waals surface area contributed by atoms with Crippen LogP contribution in [0.25, 0.3) is 11.0 Å². The van der Waals surface area contributed by atoms with Crippen molar-refractivity contribution in [3.05, 3.63) is 53.6 Å². The highest BCUT2D eigenvalue weighted by atomic mass is 32.2. The number of benzene rings is 2. The van der Waals surface area contributed by atoms with Crippen molar-refractivity contribution in [3.63, 3.8) is 0 Å². The number of hydrogen-bond donors (Lipinski definition) is 0. The number of imidazole rings is 1. The van der Waals surface area contributed by atoms with E-state index in [1.165, 1.54) is 30.0 Å². The zero-order valence-corrected chi connectivity index (χ0v) is 21.7. The first-order valence-electron chi connectivity index (χ1n) is 11.9. The third kappa shape index (κ3) is 5.87. The summed E-state index contributed by atoms with van der Waals surface area (Å²) in [7, 11) is -3.62. The Labute approximate surface area is 209 Å². The molecule has 1 atom stereocenters. The number of piperidine rings is 1. The monoisotopic (exact) mass is 523 g/mol. The lowest BCUT2D eigenvalue weighted by Crippen LogP contribution is -2.39. The first kappa shape index (κ1) is 26.1. The zero-order valence-electron chi connectivity index (χ0n) is 20.0. The van der Waals surface area contributed by atoms with Crippen molar-refractivity contribution in [2.45, 2.75) is 55.5 Å². The fraction of sp³-hybridized carbons (Fsp3) is 0.480. The fourth-order valence-corrected chi connectivity index (χ4v) is 7.04. The number of sulfonamides is 1. The van der Waals surface area contributed by atoms with Gasteiger partial charge >= 0.3 is 0 Å². The average molecular weight is 524 g/mol. The van der Waals surface area contributed by atoms with Gasteiger partial charge < -0.3 is 9.30 Å². The van der Waals surface area contributed by atoms with Crippen molar-refractivity contribution in [1.29, 1.82) is 0 Å². The number of thioether (sulfide) groups is 1. The van der Waals surface area contributed by atoms with Gasteiger partial charge in [-0.1, -0.05) is 24.8 Å². The number of halogens is 2. The van der Waals surface area contributed by atoms with E-state index in [1.54, 1.807) is 22.5 Å². The number of ether oxygens (including phenoxy) is 1. The number of hydrogen-bond acceptors (Lipinski definition) is 5. The van der Waals surface area contributed by atoms with Gasteiger partial charge in [-0.25, -0.2) is 22.2 Å². The van der Waals surface area contributed by atoms with Crippen LogP contribution in [-0.2, 0) is 27.1 Å². The van der Waals surface area contributed by atoms with Crippen LogP contribution in [0.2, 0.25) is 0 Å². The minimum Gasteiger partial charge on any atom is -0.382 e. The first-order chi connectivity index (χ1) is 16.8. The smallest absolute Gasteiger partial charge is 0.243 e. The lowest BCUT2D eigenvalue weighted by atomic mass is 10.0. The topological polar surface area (TPSA) is 64.4 Å². The summed E-state index contributed by atoms with van der Waals surface area (Å²) in [5.41, 5.74) is 1.32. The highest BCUT2D eigenvalue weighted by Gasteiger charge is 2.29. The summed E-state index contributed by atoms with van der Waals surface area (Å²) in [6, 6.07) is 8.83. The van der Waals surface area contributed by atoms with Gasteiger partial charge in [-0.05, 0) is 62.4 Å². The molecule has 6 nitrogen and oxygen atoms in total. The van der Waals surface area contributed by atoms with E-state index in [-0.39, 0.29) is 16.2 Å². The lowest BCUT2D eigenvalue weighted by Gasteiger charge is -2.30. The minimum atomic E-state index is -3.62. The van der Waals surface area contributed by atoms with Crippen LogP contribution in [0.15, 0.2) is 46.5 Å². The molecule has 4 rings (SSSR count). The molecule has 1 aliphatic heterocycles. The summed E-state index contributed by atoms with van der Waals surface area (Å²) >= 11 is 1.23. The molecule has 0 spiro atoms. The van der Waals surface area contributed by atoms with Crippen molar-refractivity contribution in [3.8, 4) is 0 Å². The zero-order chi connectivity index (χ0) is 25.0. The second kappa shape index (κ2) is 11.4. The van der Waals surface area contributed by atoms with Crippen molar-refractivity contribution in [2.24, 2.45) is 5.92 Å². The number of nitrogens with zero attached hydrogens (tertiary/aromatic N) is 3. The summed E-state index contributed by atoms with van der Waals surface area (Å²) in [5.74, 6) is -0.792. The number of aromatic nitrogens is 2. The van der Waals surface area contributed by atoms with Crippen molar-refractivity contribution in [2.75, 3.05) is 26.3 Å². The minimum absolute atomic E-state index is 0.00657. The molecule has 2 heterocycles. The molecule has 1 saturated heterocycles. The van der Waals surface area contributed by atoms with E-state index < -0.39 is 21.7 Å². The van der Waals surface area contributed by atoms with Gasteiger partial charge in [-0.2, -0.15) is 4.31 Å². The first-order valence-corrected chi connectivity index (χ1v) is 14.4. The Bertz CT molecular complexity index is 1260. The van der Waals surface area contributed by atoms with E-state index in [4.69, 9.17) is 4.74 Å². The molecule has 0 amide bonds. The molecule has 35 heavy (non-hydrogen) atoms. The Hall–Kier alpha value is -2.01. The van der Waals surface area contributed by atoms with E-state index >= 15 is 0 Å². The highest BCUT2D eigenvalue weighted by molar-refractivity contribution is 7.98. The Morgan fingerprint density at radius 2 is 1.97 bits per heavy atom. The van der Waals surface area contributed by atoms with Gasteiger partial charge in [0.15, 0.2) is 5.16 Å². The number of rotatable bonds is 10. The maximum absolute atomic E-state index is 14.2. The molecule has 10 heteroatoms. The molecule has 1 aliphatic rings. The molecule has 0 unspecified atom stereocenters. The second-order valence-corrected chi connectivity index (χ2v) is 11.7. The fourth-order valence-electron chi connectivity index (χ4n) is 4.36. The maximum atomic E-state index is 14.2. The summed E-state index contributed by atoms with van der Waals surface area (Å²) in [4.78, 5) is 4.89. The normalized spacial score (nSPS) is 17.3. The van der Waals surface area contributed by atoms with Gasteiger partial charge in [0.05, 0.1) is 15.9 Å². The molecule has 1 aromatic heterocycles. The van der Waals surface area contributed by atoms with E-state index in [9.17, 15) is 17.2 Å². The quantitative estimate of drug-likeness (QED) is 0.261. The Balaban J connectivity index is 1.65. The van der Waals surface area contributed by atoms with E-state index in [1.807, 2.05) is 11.5 Å². The van der Waals surface area contributed by atoms with Gasteiger partial charge in [0.2, 0.25) is 10.0 Å². The molecule has 0 bridgehead atoms. The molecule has 190 valence electrons. The van der Waals surface area contributed by atoms with Crippen molar-refractivity contribution in [1.82, 2.24) is 13.9 Å². The van der Waals surface area contributed by atoms with Crippen LogP contribution in [0.5, 0.6) is 0 Å². The SMILES string of the molecule is CCOCCCn1c(SCc2c(F)cccc2F)nc2cc(S(=O)(=O)N3CCC[C@@H](C)C3)ccc21. The summed E-state index contributed by atoms with van der Waals surface area (Å²) < 4.78 is 63.9. The van der Waals surface area contributed by atoms with E-state index in [0.29, 0.717) is 49.4 Å². The molecular formula is C25H31F2N3O3S2. The van der Waals surface area contributed by atoms with Gasteiger partial charge in [0.25, 0.3) is 0 Å². The Morgan fingerprint density at radius 1 is 1.20 bits per heavy atom. The van der Waals surface area contributed by atoms with E-state index in [2.05, 4.69) is 11.9 Å². The molecular weight excluding hydrogens is 492 g/mol. The average Bonchev–Trinajstić information content (AvgIpc) is 3.18. The van der Waals surface area contributed by atoms with Crippen LogP contribution in [0.1, 0.15) is 38.7 Å². The number of fused-ring (bicyclic) bond motifs is 1. The third-order valence-electron chi connectivity index (χ3n) is 6.22. The number of aryl methyl sites for hydroxylation is 1. The predicted octanol–water partition coefficient (Wildman–Crippen LogP) is 5.45.